The number of carbonyl (C=O) groups excluding carboxylic acids is 2. The summed E-state index contributed by atoms with van der Waals surface area (Å²) < 4.78 is 2.02. The highest BCUT2D eigenvalue weighted by atomic mass is 16.2. The molecule has 1 aliphatic heterocycles. The Kier molecular flexibility index (Phi) is 5.71. The van der Waals surface area contributed by atoms with Crippen molar-refractivity contribution in [1.29, 1.82) is 5.41 Å². The van der Waals surface area contributed by atoms with Crippen molar-refractivity contribution < 1.29 is 9.59 Å². The molecule has 1 aliphatic rings. The minimum Gasteiger partial charge on any atom is -0.308 e. The fraction of sp³-hybridized carbons (Fsp3) is 0. The molecule has 2 aromatic heterocycles. The molecular weight excluding hydrogens is 512 g/mol. The third-order valence-electron chi connectivity index (χ3n) is 7.18. The van der Waals surface area contributed by atoms with E-state index in [1.165, 1.54) is 6.34 Å². The first kappa shape index (κ1) is 24.2. The quantitative estimate of drug-likeness (QED) is 0.161. The van der Waals surface area contributed by atoms with Crippen molar-refractivity contribution >= 4 is 45.8 Å². The normalized spacial score (nSPS) is 12.9. The van der Waals surface area contributed by atoms with Crippen LogP contribution in [0.3, 0.4) is 0 Å². The Hall–Kier alpha value is -5.89. The summed E-state index contributed by atoms with van der Waals surface area (Å²) in [6.07, 6.45) is 2.91. The molecule has 0 radical (unpaired) electrons. The van der Waals surface area contributed by atoms with E-state index in [1.807, 2.05) is 102 Å². The van der Waals surface area contributed by atoms with E-state index in [9.17, 15) is 9.59 Å². The number of amides is 2. The van der Waals surface area contributed by atoms with Gasteiger partial charge in [0.05, 0.1) is 27.9 Å². The van der Waals surface area contributed by atoms with Crippen LogP contribution in [0.15, 0.2) is 120 Å². The van der Waals surface area contributed by atoms with Crippen LogP contribution >= 0.6 is 0 Å². The summed E-state index contributed by atoms with van der Waals surface area (Å²) >= 11 is 0. The van der Waals surface area contributed by atoms with Gasteiger partial charge in [-0.15, -0.1) is 0 Å². The van der Waals surface area contributed by atoms with E-state index in [-0.39, 0.29) is 5.84 Å². The number of carbonyl (C=O) groups is 2. The fourth-order valence-corrected chi connectivity index (χ4v) is 5.32. The van der Waals surface area contributed by atoms with Crippen LogP contribution in [0.1, 0.15) is 26.3 Å². The van der Waals surface area contributed by atoms with Gasteiger partial charge in [0.2, 0.25) is 0 Å². The molecule has 0 spiro atoms. The van der Waals surface area contributed by atoms with E-state index >= 15 is 0 Å². The van der Waals surface area contributed by atoms with Gasteiger partial charge < -0.3 is 4.57 Å². The molecule has 2 N–H and O–H groups in total. The summed E-state index contributed by atoms with van der Waals surface area (Å²) in [5.74, 6) is -0.990. The zero-order valence-electron chi connectivity index (χ0n) is 21.7. The molecule has 2 amide bonds. The fourth-order valence-electron chi connectivity index (χ4n) is 5.32. The number of hydrazine groups is 1. The number of hydrogen-bond acceptors (Lipinski definition) is 4. The van der Waals surface area contributed by atoms with Gasteiger partial charge in [0.15, 0.2) is 5.84 Å². The molecule has 0 bridgehead atoms. The average Bonchev–Trinajstić information content (AvgIpc) is 3.49. The molecule has 6 aromatic rings. The number of nitrogens with one attached hydrogen (secondary N) is 2. The lowest BCUT2D eigenvalue weighted by Crippen LogP contribution is -2.41. The van der Waals surface area contributed by atoms with Gasteiger partial charge in [0.25, 0.3) is 11.8 Å². The minimum absolute atomic E-state index is 0.0292. The topological polar surface area (TPSA) is 103 Å². The molecule has 0 atom stereocenters. The molecule has 0 unspecified atom stereocenters. The lowest BCUT2D eigenvalue weighted by molar-refractivity contribution is 0.0615. The predicted molar refractivity (Wildman–Crippen MR) is 159 cm³/mol. The monoisotopic (exact) mass is 534 g/mol. The van der Waals surface area contributed by atoms with Gasteiger partial charge in [0, 0.05) is 33.8 Å². The molecule has 0 saturated heterocycles. The van der Waals surface area contributed by atoms with Crippen molar-refractivity contribution in [3.8, 4) is 16.9 Å². The van der Waals surface area contributed by atoms with Crippen LogP contribution in [0, 0.1) is 5.41 Å². The standard InChI is InChI=1S/C33H22N6O2/c34-31(22-10-8-9-21(19-22)27-14-6-7-18-35-27)36-20-37-39-32(40)26-17-16-25-24-13-4-5-15-28(24)38(23-11-2-1-3-12-23)30(25)29(26)33(39)41/h1-20H,(H2,34,36,37). The van der Waals surface area contributed by atoms with E-state index in [1.54, 1.807) is 18.3 Å². The molecule has 7 rings (SSSR count). The van der Waals surface area contributed by atoms with Gasteiger partial charge in [-0.2, -0.15) is 5.01 Å². The summed E-state index contributed by atoms with van der Waals surface area (Å²) in [4.78, 5) is 35.6. The van der Waals surface area contributed by atoms with Crippen LogP contribution in [0.2, 0.25) is 0 Å². The highest BCUT2D eigenvalue weighted by Gasteiger charge is 2.39. The highest BCUT2D eigenvalue weighted by molar-refractivity contribution is 6.28. The lowest BCUT2D eigenvalue weighted by atomic mass is 10.0. The Labute approximate surface area is 234 Å². The molecule has 8 heteroatoms. The minimum atomic E-state index is -0.481. The second-order valence-electron chi connectivity index (χ2n) is 9.55. The Morgan fingerprint density at radius 1 is 0.805 bits per heavy atom. The summed E-state index contributed by atoms with van der Waals surface area (Å²) in [7, 11) is 0. The molecule has 0 fully saturated rings. The van der Waals surface area contributed by atoms with Crippen LogP contribution in [0.25, 0.3) is 38.8 Å². The number of fused-ring (bicyclic) bond motifs is 5. The Balaban J connectivity index is 1.22. The maximum absolute atomic E-state index is 13.7. The second kappa shape index (κ2) is 9.69. The molecule has 8 nitrogen and oxygen atoms in total. The van der Waals surface area contributed by atoms with Crippen molar-refractivity contribution in [1.82, 2.24) is 20.0 Å². The van der Waals surface area contributed by atoms with E-state index in [2.05, 4.69) is 15.4 Å². The number of aromatic nitrogens is 2. The first-order valence-corrected chi connectivity index (χ1v) is 13.0. The van der Waals surface area contributed by atoms with Gasteiger partial charge >= 0.3 is 0 Å². The maximum Gasteiger partial charge on any atom is 0.282 e. The first-order chi connectivity index (χ1) is 20.1. The van der Waals surface area contributed by atoms with E-state index in [0.29, 0.717) is 22.2 Å². The third kappa shape index (κ3) is 3.97. The van der Waals surface area contributed by atoms with Gasteiger partial charge in [-0.3, -0.25) is 25.4 Å². The average molecular weight is 535 g/mol. The Morgan fingerprint density at radius 2 is 1.61 bits per heavy atom. The molecule has 0 saturated carbocycles. The summed E-state index contributed by atoms with van der Waals surface area (Å²) in [5.41, 5.74) is 8.07. The summed E-state index contributed by atoms with van der Waals surface area (Å²) in [6.45, 7) is 0. The van der Waals surface area contributed by atoms with Gasteiger partial charge in [-0.05, 0) is 42.5 Å². The maximum atomic E-state index is 13.7. The Bertz CT molecular complexity index is 2030. The Morgan fingerprint density at radius 3 is 2.44 bits per heavy atom. The molecule has 3 heterocycles. The van der Waals surface area contributed by atoms with Crippen molar-refractivity contribution in [3.63, 3.8) is 0 Å². The van der Waals surface area contributed by atoms with E-state index < -0.39 is 11.8 Å². The number of imide groups is 1. The van der Waals surface area contributed by atoms with Gasteiger partial charge in [-0.25, -0.2) is 4.99 Å². The molecule has 0 aliphatic carbocycles. The van der Waals surface area contributed by atoms with Crippen LogP contribution in [-0.2, 0) is 0 Å². The van der Waals surface area contributed by atoms with Gasteiger partial charge in [-0.1, -0.05) is 66.7 Å². The number of hydrogen-bond donors (Lipinski definition) is 2. The molecule has 4 aromatic carbocycles. The molecule has 196 valence electrons. The molecule has 41 heavy (non-hydrogen) atoms. The smallest absolute Gasteiger partial charge is 0.282 e. The third-order valence-corrected chi connectivity index (χ3v) is 7.18. The van der Waals surface area contributed by atoms with Crippen LogP contribution < -0.4 is 5.43 Å². The van der Waals surface area contributed by atoms with Crippen molar-refractivity contribution in [2.75, 3.05) is 0 Å². The zero-order valence-corrected chi connectivity index (χ0v) is 21.7. The lowest BCUT2D eigenvalue weighted by Gasteiger charge is -2.13. The van der Waals surface area contributed by atoms with Crippen LogP contribution in [0.5, 0.6) is 0 Å². The van der Waals surface area contributed by atoms with Crippen molar-refractivity contribution in [3.05, 3.63) is 132 Å². The van der Waals surface area contributed by atoms with E-state index in [4.69, 9.17) is 5.41 Å². The SMILES string of the molecule is N=C(N=CNN1C(=O)c2ccc3c4ccccc4n(-c4ccccc4)c3c2C1=O)c1cccc(-c2ccccn2)c1. The summed E-state index contributed by atoms with van der Waals surface area (Å²) in [5, 5.41) is 11.3. The summed E-state index contributed by atoms with van der Waals surface area (Å²) in [6, 6.07) is 34.3. The van der Waals surface area contributed by atoms with Crippen molar-refractivity contribution in [2.24, 2.45) is 4.99 Å². The first-order valence-electron chi connectivity index (χ1n) is 13.0. The van der Waals surface area contributed by atoms with Crippen molar-refractivity contribution in [2.45, 2.75) is 0 Å². The second-order valence-corrected chi connectivity index (χ2v) is 9.55. The van der Waals surface area contributed by atoms with E-state index in [0.717, 1.165) is 38.2 Å². The van der Waals surface area contributed by atoms with Gasteiger partial charge in [0.1, 0.15) is 6.34 Å². The number of para-hydroxylation sites is 2. The number of aliphatic imine (C=N–C) groups is 1. The number of amidine groups is 1. The molecular formula is C33H22N6O2. The zero-order chi connectivity index (χ0) is 27.9. The number of benzene rings is 4. The van der Waals surface area contributed by atoms with Crippen LogP contribution in [-0.4, -0.2) is 38.5 Å². The highest BCUT2D eigenvalue weighted by Crippen LogP contribution is 2.38. The number of pyridine rings is 1. The number of nitrogens with zero attached hydrogens (tertiary/aromatic N) is 4. The largest absolute Gasteiger partial charge is 0.308 e. The van der Waals surface area contributed by atoms with Crippen LogP contribution in [0.4, 0.5) is 0 Å². The predicted octanol–water partition coefficient (Wildman–Crippen LogP) is 6.00. The number of rotatable bonds is 5.